The first kappa shape index (κ1) is 6.81. The lowest BCUT2D eigenvalue weighted by molar-refractivity contribution is 0.230. The van der Waals surface area contributed by atoms with E-state index in [1.165, 1.54) is 9.44 Å². The van der Waals surface area contributed by atoms with E-state index in [1.807, 2.05) is 0 Å². The number of amides is 4. The molecule has 0 aromatic rings. The Balaban J connectivity index is 2.89. The molecule has 0 spiro atoms. The van der Waals surface area contributed by atoms with E-state index in [2.05, 4.69) is 0 Å². The van der Waals surface area contributed by atoms with Gasteiger partial charge in [-0.3, -0.25) is 5.32 Å². The highest BCUT2D eigenvalue weighted by molar-refractivity contribution is 7.88. The summed E-state index contributed by atoms with van der Waals surface area (Å²) in [7, 11) is -3.94. The quantitative estimate of drug-likeness (QED) is 0.396. The normalized spacial score (nSPS) is 22.4. The molecule has 0 aromatic heterocycles. The Bertz CT molecular complexity index is 257. The van der Waals surface area contributed by atoms with Gasteiger partial charge in [-0.05, 0) is 0 Å². The van der Waals surface area contributed by atoms with Crippen LogP contribution in [0.2, 0.25) is 0 Å². The largest absolute Gasteiger partial charge is 0.337 e. The molecule has 0 atom stereocenters. The molecule has 1 fully saturated rings. The first-order valence-electron chi connectivity index (χ1n) is 2.15. The Morgan fingerprint density at radius 2 is 1.40 bits per heavy atom. The topological polar surface area (TPSA) is 104 Å². The fourth-order valence-corrected chi connectivity index (χ4v) is 1.06. The highest BCUT2D eigenvalue weighted by Crippen LogP contribution is 1.83. The second-order valence-electron chi connectivity index (χ2n) is 1.49. The van der Waals surface area contributed by atoms with Crippen molar-refractivity contribution in [2.75, 3.05) is 0 Å². The smallest absolute Gasteiger partial charge is 0.258 e. The Morgan fingerprint density at radius 1 is 1.00 bits per heavy atom. The van der Waals surface area contributed by atoms with Crippen LogP contribution in [-0.4, -0.2) is 20.5 Å². The van der Waals surface area contributed by atoms with E-state index in [-0.39, 0.29) is 0 Å². The Morgan fingerprint density at radius 3 is 1.70 bits per heavy atom. The maximum atomic E-state index is 10.4. The predicted octanol–water partition coefficient (Wildman–Crippen LogP) is -1.75. The van der Waals surface area contributed by atoms with Crippen LogP contribution in [0.4, 0.5) is 9.59 Å². The van der Waals surface area contributed by atoms with Gasteiger partial charge in [0, 0.05) is 0 Å². The zero-order valence-electron chi connectivity index (χ0n) is 4.54. The van der Waals surface area contributed by atoms with Crippen molar-refractivity contribution in [1.82, 2.24) is 14.8 Å². The monoisotopic (exact) mass is 165 g/mol. The SMILES string of the molecule is O=C1NC(=O)NS(=O)(=O)N1. The molecular formula is C2H3N3O4S. The molecule has 1 rings (SSSR count). The van der Waals surface area contributed by atoms with Crippen molar-refractivity contribution in [1.29, 1.82) is 0 Å². The third kappa shape index (κ3) is 1.35. The lowest BCUT2D eigenvalue weighted by atomic mass is 10.9. The fourth-order valence-electron chi connectivity index (χ4n) is 0.424. The minimum absolute atomic E-state index is 1.05. The van der Waals surface area contributed by atoms with Crippen LogP contribution in [0, 0.1) is 0 Å². The molecule has 0 radical (unpaired) electrons. The van der Waals surface area contributed by atoms with Crippen LogP contribution < -0.4 is 14.8 Å². The number of hydrogen-bond acceptors (Lipinski definition) is 4. The van der Waals surface area contributed by atoms with Gasteiger partial charge in [0.2, 0.25) is 0 Å². The molecule has 8 heteroatoms. The van der Waals surface area contributed by atoms with E-state index < -0.39 is 22.3 Å². The molecule has 10 heavy (non-hydrogen) atoms. The maximum absolute atomic E-state index is 10.4. The second-order valence-corrected chi connectivity index (χ2v) is 2.91. The minimum Gasteiger partial charge on any atom is -0.258 e. The van der Waals surface area contributed by atoms with Crippen LogP contribution in [-0.2, 0) is 10.2 Å². The van der Waals surface area contributed by atoms with Crippen LogP contribution in [0.5, 0.6) is 0 Å². The summed E-state index contributed by atoms with van der Waals surface area (Å²) in [4.78, 5) is 20.5. The standard InChI is InChI=1S/C2H3N3O4S/c6-1-3-2(7)5-10(8,9)4-1/h(H3,3,4,5,6,7). The van der Waals surface area contributed by atoms with Crippen molar-refractivity contribution >= 4 is 22.3 Å². The Hall–Kier alpha value is -1.31. The third-order valence-electron chi connectivity index (χ3n) is 0.681. The summed E-state index contributed by atoms with van der Waals surface area (Å²) in [5.74, 6) is 0. The lowest BCUT2D eigenvalue weighted by Crippen LogP contribution is -2.58. The second kappa shape index (κ2) is 1.84. The average molecular weight is 165 g/mol. The number of hydrogen-bond donors (Lipinski definition) is 3. The number of carbonyl (C=O) groups is 2. The highest BCUT2D eigenvalue weighted by Gasteiger charge is 2.24. The molecule has 0 unspecified atom stereocenters. The summed E-state index contributed by atoms with van der Waals surface area (Å²) < 4.78 is 23.7. The van der Waals surface area contributed by atoms with Crippen LogP contribution >= 0.6 is 0 Å². The van der Waals surface area contributed by atoms with Gasteiger partial charge in [0.15, 0.2) is 0 Å². The van der Waals surface area contributed by atoms with E-state index >= 15 is 0 Å². The minimum atomic E-state index is -3.94. The van der Waals surface area contributed by atoms with Gasteiger partial charge >= 0.3 is 22.3 Å². The van der Waals surface area contributed by atoms with Crippen LogP contribution in [0.1, 0.15) is 0 Å². The summed E-state index contributed by atoms with van der Waals surface area (Å²) in [6, 6.07) is -2.10. The first-order valence-corrected chi connectivity index (χ1v) is 3.63. The van der Waals surface area contributed by atoms with Crippen molar-refractivity contribution in [3.8, 4) is 0 Å². The number of rotatable bonds is 0. The van der Waals surface area contributed by atoms with Gasteiger partial charge in [-0.1, -0.05) is 0 Å². The molecule has 0 aliphatic carbocycles. The molecule has 0 aromatic carbocycles. The zero-order valence-corrected chi connectivity index (χ0v) is 5.36. The van der Waals surface area contributed by atoms with Gasteiger partial charge in [0.05, 0.1) is 0 Å². The Labute approximate surface area is 56.0 Å². The molecule has 1 aliphatic heterocycles. The van der Waals surface area contributed by atoms with Crippen molar-refractivity contribution in [2.45, 2.75) is 0 Å². The summed E-state index contributed by atoms with van der Waals surface area (Å²) in [6.45, 7) is 0. The zero-order chi connectivity index (χ0) is 7.78. The number of nitrogens with one attached hydrogen (secondary N) is 3. The predicted molar refractivity (Wildman–Crippen MR) is 29.1 cm³/mol. The average Bonchev–Trinajstić information content (AvgIpc) is 1.54. The molecule has 56 valence electrons. The number of urea groups is 2. The molecule has 1 aliphatic rings. The maximum Gasteiger partial charge on any atom is 0.337 e. The summed E-state index contributed by atoms with van der Waals surface area (Å²) in [5.41, 5.74) is 0. The van der Waals surface area contributed by atoms with Crippen LogP contribution in [0.15, 0.2) is 0 Å². The van der Waals surface area contributed by atoms with Gasteiger partial charge in [-0.15, -0.1) is 0 Å². The summed E-state index contributed by atoms with van der Waals surface area (Å²) in [6.07, 6.45) is 0. The Kier molecular flexibility index (Phi) is 1.25. The van der Waals surface area contributed by atoms with Crippen LogP contribution in [0.3, 0.4) is 0 Å². The molecule has 1 saturated heterocycles. The van der Waals surface area contributed by atoms with E-state index in [1.54, 1.807) is 5.32 Å². The number of imide groups is 1. The van der Waals surface area contributed by atoms with E-state index in [0.29, 0.717) is 0 Å². The summed E-state index contributed by atoms with van der Waals surface area (Å²) >= 11 is 0. The lowest BCUT2D eigenvalue weighted by Gasteiger charge is -2.13. The molecule has 4 amide bonds. The van der Waals surface area contributed by atoms with Gasteiger partial charge in [-0.2, -0.15) is 8.42 Å². The van der Waals surface area contributed by atoms with Gasteiger partial charge in [0.1, 0.15) is 0 Å². The highest BCUT2D eigenvalue weighted by atomic mass is 32.2. The molecule has 0 bridgehead atoms. The third-order valence-corrected chi connectivity index (χ3v) is 1.59. The van der Waals surface area contributed by atoms with Crippen molar-refractivity contribution < 1.29 is 18.0 Å². The first-order chi connectivity index (χ1) is 4.49. The van der Waals surface area contributed by atoms with Crippen molar-refractivity contribution in [2.24, 2.45) is 0 Å². The van der Waals surface area contributed by atoms with Crippen molar-refractivity contribution in [3.63, 3.8) is 0 Å². The molecule has 0 saturated carbocycles. The van der Waals surface area contributed by atoms with E-state index in [4.69, 9.17) is 0 Å². The number of carbonyl (C=O) groups excluding carboxylic acids is 2. The van der Waals surface area contributed by atoms with Gasteiger partial charge in [-0.25, -0.2) is 19.0 Å². The molecule has 1 heterocycles. The fraction of sp³-hybridized carbons (Fsp3) is 0. The molecular weight excluding hydrogens is 162 g/mol. The van der Waals surface area contributed by atoms with Gasteiger partial charge < -0.3 is 0 Å². The van der Waals surface area contributed by atoms with E-state index in [0.717, 1.165) is 0 Å². The molecule has 7 nitrogen and oxygen atoms in total. The van der Waals surface area contributed by atoms with E-state index in [9.17, 15) is 18.0 Å². The summed E-state index contributed by atoms with van der Waals surface area (Å²) in [5, 5.41) is 1.66. The van der Waals surface area contributed by atoms with Crippen LogP contribution in [0.25, 0.3) is 0 Å². The van der Waals surface area contributed by atoms with Crippen molar-refractivity contribution in [3.05, 3.63) is 0 Å². The molecule has 3 N–H and O–H groups in total. The van der Waals surface area contributed by atoms with Gasteiger partial charge in [0.25, 0.3) is 0 Å².